The van der Waals surface area contributed by atoms with E-state index in [1.807, 2.05) is 6.21 Å². The number of nitrogens with zero attached hydrogens (tertiary/aromatic N) is 1. The van der Waals surface area contributed by atoms with Gasteiger partial charge in [-0.1, -0.05) is 19.1 Å². The number of aliphatic imine (C=N–C) groups is 1. The monoisotopic (exact) mass is 191 g/mol. The van der Waals surface area contributed by atoms with Gasteiger partial charge in [-0.3, -0.25) is 4.99 Å². The largest absolute Gasteiger partial charge is 0.298 e. The highest BCUT2D eigenvalue weighted by Crippen LogP contribution is 2.30. The van der Waals surface area contributed by atoms with E-state index in [9.17, 15) is 0 Å². The first-order valence-electron chi connectivity index (χ1n) is 5.71. The fraction of sp³-hybridized carbons (Fsp3) is 0.615. The van der Waals surface area contributed by atoms with Crippen molar-refractivity contribution in [3.63, 3.8) is 0 Å². The molecule has 0 atom stereocenters. The van der Waals surface area contributed by atoms with Gasteiger partial charge in [-0.2, -0.15) is 0 Å². The molecule has 0 unspecified atom stereocenters. The van der Waals surface area contributed by atoms with Crippen LogP contribution in [0.15, 0.2) is 28.3 Å². The third-order valence-corrected chi connectivity index (χ3v) is 2.46. The maximum absolute atomic E-state index is 4.31. The molecule has 0 bridgehead atoms. The normalized spacial score (nSPS) is 16.1. The fourth-order valence-corrected chi connectivity index (χ4v) is 1.54. The van der Waals surface area contributed by atoms with Gasteiger partial charge in [0.25, 0.3) is 0 Å². The lowest BCUT2D eigenvalue weighted by Crippen LogP contribution is -1.86. The quantitative estimate of drug-likeness (QED) is 0.427. The third-order valence-electron chi connectivity index (χ3n) is 2.46. The Morgan fingerprint density at radius 2 is 2.29 bits per heavy atom. The Morgan fingerprint density at radius 3 is 2.86 bits per heavy atom. The second-order valence-electron chi connectivity index (χ2n) is 3.70. The Bertz CT molecular complexity index is 246. The Labute approximate surface area is 87.6 Å². The van der Waals surface area contributed by atoms with Gasteiger partial charge in [-0.25, -0.2) is 0 Å². The predicted octanol–water partition coefficient (Wildman–Crippen LogP) is 3.91. The van der Waals surface area contributed by atoms with E-state index < -0.39 is 0 Å². The molecule has 0 saturated heterocycles. The molecule has 78 valence electrons. The zero-order valence-electron chi connectivity index (χ0n) is 9.42. The molecule has 0 amide bonds. The summed E-state index contributed by atoms with van der Waals surface area (Å²) < 4.78 is 0. The van der Waals surface area contributed by atoms with Gasteiger partial charge in [-0.15, -0.1) is 0 Å². The first kappa shape index (κ1) is 11.2. The topological polar surface area (TPSA) is 12.4 Å². The molecule has 0 aromatic carbocycles. The molecular formula is C13H21N. The van der Waals surface area contributed by atoms with E-state index in [1.54, 1.807) is 11.1 Å². The van der Waals surface area contributed by atoms with Crippen LogP contribution in [0.2, 0.25) is 0 Å². The van der Waals surface area contributed by atoms with Gasteiger partial charge >= 0.3 is 0 Å². The van der Waals surface area contributed by atoms with Crippen LogP contribution in [-0.4, -0.2) is 12.8 Å². The van der Waals surface area contributed by atoms with Crippen LogP contribution < -0.4 is 0 Å². The zero-order valence-corrected chi connectivity index (χ0v) is 9.42. The maximum atomic E-state index is 4.31. The van der Waals surface area contributed by atoms with Crippen LogP contribution in [0.1, 0.15) is 46.0 Å². The molecule has 0 aliphatic heterocycles. The van der Waals surface area contributed by atoms with Crippen LogP contribution >= 0.6 is 0 Å². The molecule has 0 saturated carbocycles. The van der Waals surface area contributed by atoms with Gasteiger partial charge in [0.2, 0.25) is 0 Å². The number of hydrogen-bond acceptors (Lipinski definition) is 1. The molecule has 1 aliphatic carbocycles. The molecule has 1 nitrogen and oxygen atoms in total. The lowest BCUT2D eigenvalue weighted by Gasteiger charge is -2.01. The van der Waals surface area contributed by atoms with E-state index in [2.05, 4.69) is 31.0 Å². The molecule has 14 heavy (non-hydrogen) atoms. The number of hydrogen-bond donors (Lipinski definition) is 0. The highest BCUT2D eigenvalue weighted by atomic mass is 14.7. The van der Waals surface area contributed by atoms with Crippen molar-refractivity contribution in [2.75, 3.05) is 6.54 Å². The molecule has 0 fully saturated rings. The van der Waals surface area contributed by atoms with Crippen LogP contribution in [-0.2, 0) is 0 Å². The summed E-state index contributed by atoms with van der Waals surface area (Å²) in [4.78, 5) is 4.31. The van der Waals surface area contributed by atoms with Crippen LogP contribution in [0.3, 0.4) is 0 Å². The summed E-state index contributed by atoms with van der Waals surface area (Å²) in [7, 11) is 0. The van der Waals surface area contributed by atoms with Gasteiger partial charge in [0.15, 0.2) is 0 Å². The summed E-state index contributed by atoms with van der Waals surface area (Å²) >= 11 is 0. The van der Waals surface area contributed by atoms with Crippen molar-refractivity contribution < 1.29 is 0 Å². The van der Waals surface area contributed by atoms with Crippen LogP contribution in [0.5, 0.6) is 0 Å². The molecule has 0 spiro atoms. The first-order valence-corrected chi connectivity index (χ1v) is 5.71. The predicted molar refractivity (Wildman–Crippen MR) is 64.0 cm³/mol. The Kier molecular flexibility index (Phi) is 5.28. The summed E-state index contributed by atoms with van der Waals surface area (Å²) in [5.74, 6) is 0. The SMILES string of the molecule is CC=C(CCCCN=CCC)C1=CC1. The van der Waals surface area contributed by atoms with Gasteiger partial charge in [-0.05, 0) is 56.4 Å². The Balaban J connectivity index is 2.03. The lowest BCUT2D eigenvalue weighted by atomic mass is 10.1. The van der Waals surface area contributed by atoms with E-state index in [0.717, 1.165) is 13.0 Å². The van der Waals surface area contributed by atoms with Crippen molar-refractivity contribution in [2.24, 2.45) is 4.99 Å². The minimum Gasteiger partial charge on any atom is -0.298 e. The smallest absolute Gasteiger partial charge is 0.0385 e. The summed E-state index contributed by atoms with van der Waals surface area (Å²) in [6.07, 6.45) is 12.6. The molecule has 0 heterocycles. The molecule has 1 heteroatoms. The Morgan fingerprint density at radius 1 is 1.50 bits per heavy atom. The van der Waals surface area contributed by atoms with E-state index in [4.69, 9.17) is 0 Å². The van der Waals surface area contributed by atoms with Crippen molar-refractivity contribution in [1.29, 1.82) is 0 Å². The first-order chi connectivity index (χ1) is 6.88. The zero-order chi connectivity index (χ0) is 10.2. The van der Waals surface area contributed by atoms with Gasteiger partial charge < -0.3 is 0 Å². The average molecular weight is 191 g/mol. The van der Waals surface area contributed by atoms with Gasteiger partial charge in [0, 0.05) is 6.54 Å². The molecule has 0 radical (unpaired) electrons. The molecule has 1 rings (SSSR count). The Hall–Kier alpha value is -0.850. The summed E-state index contributed by atoms with van der Waals surface area (Å²) in [6, 6.07) is 0. The molecule has 0 N–H and O–H groups in total. The summed E-state index contributed by atoms with van der Waals surface area (Å²) in [5.41, 5.74) is 3.13. The van der Waals surface area contributed by atoms with Crippen molar-refractivity contribution in [3.05, 3.63) is 23.3 Å². The minimum absolute atomic E-state index is 1.00. The summed E-state index contributed by atoms with van der Waals surface area (Å²) in [5, 5.41) is 0. The second kappa shape index (κ2) is 6.58. The lowest BCUT2D eigenvalue weighted by molar-refractivity contribution is 0.745. The van der Waals surface area contributed by atoms with Crippen molar-refractivity contribution in [3.8, 4) is 0 Å². The van der Waals surface area contributed by atoms with Crippen LogP contribution in [0, 0.1) is 0 Å². The molecule has 0 aromatic rings. The highest BCUT2D eigenvalue weighted by molar-refractivity contribution is 5.56. The average Bonchev–Trinajstić information content (AvgIpc) is 3.01. The number of rotatable bonds is 7. The molecule has 0 aromatic heterocycles. The van der Waals surface area contributed by atoms with E-state index >= 15 is 0 Å². The van der Waals surface area contributed by atoms with Crippen molar-refractivity contribution >= 4 is 6.21 Å². The van der Waals surface area contributed by atoms with Gasteiger partial charge in [0.1, 0.15) is 0 Å². The van der Waals surface area contributed by atoms with Crippen molar-refractivity contribution in [2.45, 2.75) is 46.0 Å². The van der Waals surface area contributed by atoms with Crippen LogP contribution in [0.4, 0.5) is 0 Å². The van der Waals surface area contributed by atoms with Crippen molar-refractivity contribution in [1.82, 2.24) is 0 Å². The van der Waals surface area contributed by atoms with E-state index in [-0.39, 0.29) is 0 Å². The number of unbranched alkanes of at least 4 members (excludes halogenated alkanes) is 1. The second-order valence-corrected chi connectivity index (χ2v) is 3.70. The highest BCUT2D eigenvalue weighted by Gasteiger charge is 2.11. The summed E-state index contributed by atoms with van der Waals surface area (Å²) in [6.45, 7) is 5.27. The minimum atomic E-state index is 1.00. The van der Waals surface area contributed by atoms with Gasteiger partial charge in [0.05, 0.1) is 0 Å². The maximum Gasteiger partial charge on any atom is 0.0385 e. The van der Waals surface area contributed by atoms with Crippen LogP contribution in [0.25, 0.3) is 0 Å². The standard InChI is InChI=1S/C13H21N/c1-3-10-14-11-6-5-7-12(4-2)13-8-9-13/h4,8,10H,3,5-7,9,11H2,1-2H3. The fourth-order valence-electron chi connectivity index (χ4n) is 1.54. The van der Waals surface area contributed by atoms with E-state index in [0.29, 0.717) is 0 Å². The molecule has 1 aliphatic rings. The molecular weight excluding hydrogens is 170 g/mol. The number of allylic oxidation sites excluding steroid dienone is 4. The third kappa shape index (κ3) is 4.40. The van der Waals surface area contributed by atoms with E-state index in [1.165, 1.54) is 25.7 Å².